The second-order valence-electron chi connectivity index (χ2n) is 7.36. The lowest BCUT2D eigenvalue weighted by Gasteiger charge is -2.20. The van der Waals surface area contributed by atoms with Crippen LogP contribution in [0.25, 0.3) is 10.8 Å². The molecule has 31 heavy (non-hydrogen) atoms. The van der Waals surface area contributed by atoms with E-state index in [-0.39, 0.29) is 28.4 Å². The van der Waals surface area contributed by atoms with E-state index < -0.39 is 16.1 Å². The van der Waals surface area contributed by atoms with Gasteiger partial charge in [0.05, 0.1) is 9.92 Å². The average Bonchev–Trinajstić information content (AvgIpc) is 3.24. The Morgan fingerprint density at radius 2 is 1.97 bits per heavy atom. The van der Waals surface area contributed by atoms with Crippen molar-refractivity contribution in [3.63, 3.8) is 0 Å². The molecule has 2 aromatic carbocycles. The summed E-state index contributed by atoms with van der Waals surface area (Å²) in [6.45, 7) is 0.480. The molecule has 3 aromatic rings. The second-order valence-corrected chi connectivity index (χ2v) is 9.67. The van der Waals surface area contributed by atoms with Crippen molar-refractivity contribution in [2.24, 2.45) is 0 Å². The maximum atomic E-state index is 13.4. The molecule has 0 radical (unpaired) electrons. The Hall–Kier alpha value is -2.52. The zero-order valence-corrected chi connectivity index (χ0v) is 18.4. The van der Waals surface area contributed by atoms with Crippen molar-refractivity contribution in [2.75, 3.05) is 20.2 Å². The van der Waals surface area contributed by atoms with Crippen LogP contribution in [0, 0.1) is 0 Å². The molecule has 2 heterocycles. The van der Waals surface area contributed by atoms with Crippen LogP contribution in [0.1, 0.15) is 18.1 Å². The summed E-state index contributed by atoms with van der Waals surface area (Å²) < 4.78 is 33.5. The molecule has 0 bridgehead atoms. The van der Waals surface area contributed by atoms with Crippen LogP contribution in [0.4, 0.5) is 0 Å². The number of benzene rings is 2. The first-order valence-electron chi connectivity index (χ1n) is 9.82. The average molecular weight is 460 g/mol. The first-order valence-corrected chi connectivity index (χ1v) is 11.6. The standard InChI is InChI=1S/C22H22ClN3O4S/c1-30-21(15-6-3-2-4-7-15)22(27)25-17-10-11-26(14-17)31(28,29)19-9-5-8-16-12-24-13-18(23)20(16)19/h2-9,12-13,17,21H,10-11,14H2,1H3,(H,25,27)/t17-,21?/m1/s1. The lowest BCUT2D eigenvalue weighted by molar-refractivity contribution is -0.132. The molecule has 1 aliphatic heterocycles. The number of sulfonamides is 1. The Morgan fingerprint density at radius 3 is 2.71 bits per heavy atom. The highest BCUT2D eigenvalue weighted by Crippen LogP contribution is 2.32. The Labute approximate surface area is 186 Å². The van der Waals surface area contributed by atoms with Crippen molar-refractivity contribution < 1.29 is 17.9 Å². The number of halogens is 1. The van der Waals surface area contributed by atoms with E-state index in [1.54, 1.807) is 24.4 Å². The Balaban J connectivity index is 1.52. The molecule has 1 saturated heterocycles. The highest BCUT2D eigenvalue weighted by atomic mass is 35.5. The van der Waals surface area contributed by atoms with Gasteiger partial charge in [-0.15, -0.1) is 0 Å². The Bertz CT molecular complexity index is 1200. The van der Waals surface area contributed by atoms with Crippen molar-refractivity contribution in [2.45, 2.75) is 23.5 Å². The van der Waals surface area contributed by atoms with Gasteiger partial charge in [-0.05, 0) is 18.1 Å². The fourth-order valence-electron chi connectivity index (χ4n) is 3.88. The van der Waals surface area contributed by atoms with Crippen LogP contribution < -0.4 is 5.32 Å². The number of nitrogens with one attached hydrogen (secondary N) is 1. The van der Waals surface area contributed by atoms with Gasteiger partial charge >= 0.3 is 0 Å². The molecule has 2 atom stereocenters. The Morgan fingerprint density at radius 1 is 1.19 bits per heavy atom. The molecule has 1 amide bonds. The van der Waals surface area contributed by atoms with E-state index in [2.05, 4.69) is 10.3 Å². The van der Waals surface area contributed by atoms with Crippen LogP contribution in [0.15, 0.2) is 65.8 Å². The normalized spacial score (nSPS) is 18.2. The van der Waals surface area contributed by atoms with E-state index in [1.807, 2.05) is 30.3 Å². The summed E-state index contributed by atoms with van der Waals surface area (Å²) in [5.41, 5.74) is 0.740. The summed E-state index contributed by atoms with van der Waals surface area (Å²) in [6, 6.07) is 13.9. The van der Waals surface area contributed by atoms with Crippen LogP contribution >= 0.6 is 11.6 Å². The molecule has 1 unspecified atom stereocenters. The van der Waals surface area contributed by atoms with Crippen molar-refractivity contribution in [3.05, 3.63) is 71.5 Å². The SMILES string of the molecule is COC(C(=O)N[C@@H]1CCN(S(=O)(=O)c2cccc3cncc(Cl)c23)C1)c1ccccc1. The fraction of sp³-hybridized carbons (Fsp3) is 0.273. The van der Waals surface area contributed by atoms with Crippen molar-refractivity contribution >= 4 is 38.3 Å². The number of nitrogens with zero attached hydrogens (tertiary/aromatic N) is 2. The van der Waals surface area contributed by atoms with E-state index in [4.69, 9.17) is 16.3 Å². The third-order valence-corrected chi connectivity index (χ3v) is 7.58. The zero-order chi connectivity index (χ0) is 22.0. The monoisotopic (exact) mass is 459 g/mol. The van der Waals surface area contributed by atoms with Gasteiger partial charge < -0.3 is 10.1 Å². The van der Waals surface area contributed by atoms with Crippen LogP contribution in [-0.4, -0.2) is 49.9 Å². The number of fused-ring (bicyclic) bond motifs is 1. The third kappa shape index (κ3) is 4.29. The molecule has 9 heteroatoms. The number of ether oxygens (including phenoxy) is 1. The van der Waals surface area contributed by atoms with Gasteiger partial charge in [0, 0.05) is 49.4 Å². The van der Waals surface area contributed by atoms with Gasteiger partial charge in [0.1, 0.15) is 0 Å². The molecule has 1 fully saturated rings. The lowest BCUT2D eigenvalue weighted by Crippen LogP contribution is -2.41. The molecule has 0 spiro atoms. The summed E-state index contributed by atoms with van der Waals surface area (Å²) >= 11 is 6.27. The molecular formula is C22H22ClN3O4S. The predicted molar refractivity (Wildman–Crippen MR) is 118 cm³/mol. The van der Waals surface area contributed by atoms with Crippen molar-refractivity contribution in [3.8, 4) is 0 Å². The molecule has 1 aliphatic rings. The second kappa shape index (κ2) is 8.92. The maximum absolute atomic E-state index is 13.4. The summed E-state index contributed by atoms with van der Waals surface area (Å²) in [5.74, 6) is -0.294. The topological polar surface area (TPSA) is 88.6 Å². The number of methoxy groups -OCH3 is 1. The fourth-order valence-corrected chi connectivity index (χ4v) is 5.94. The molecule has 1 N–H and O–H groups in total. The molecular weight excluding hydrogens is 438 g/mol. The van der Waals surface area contributed by atoms with E-state index >= 15 is 0 Å². The van der Waals surface area contributed by atoms with Gasteiger partial charge in [-0.1, -0.05) is 54.1 Å². The summed E-state index contributed by atoms with van der Waals surface area (Å²) in [6.07, 6.45) is 2.78. The summed E-state index contributed by atoms with van der Waals surface area (Å²) in [7, 11) is -2.32. The number of aromatic nitrogens is 1. The van der Waals surface area contributed by atoms with E-state index in [0.717, 1.165) is 5.56 Å². The number of carbonyl (C=O) groups excluding carboxylic acids is 1. The third-order valence-electron chi connectivity index (χ3n) is 5.39. The molecule has 0 saturated carbocycles. The van der Waals surface area contributed by atoms with Crippen LogP contribution in [0.5, 0.6) is 0 Å². The van der Waals surface area contributed by atoms with Crippen LogP contribution in [0.2, 0.25) is 5.02 Å². The minimum atomic E-state index is -3.80. The molecule has 1 aromatic heterocycles. The number of pyridine rings is 1. The van der Waals surface area contributed by atoms with Crippen molar-refractivity contribution in [1.29, 1.82) is 0 Å². The molecule has 0 aliphatic carbocycles. The van der Waals surface area contributed by atoms with Gasteiger partial charge in [0.25, 0.3) is 5.91 Å². The first kappa shape index (κ1) is 21.7. The van der Waals surface area contributed by atoms with Gasteiger partial charge in [-0.25, -0.2) is 8.42 Å². The smallest absolute Gasteiger partial charge is 0.254 e. The Kier molecular flexibility index (Phi) is 6.24. The summed E-state index contributed by atoms with van der Waals surface area (Å²) in [5, 5.41) is 4.32. The first-order chi connectivity index (χ1) is 14.9. The zero-order valence-electron chi connectivity index (χ0n) is 16.9. The van der Waals surface area contributed by atoms with Crippen molar-refractivity contribution in [1.82, 2.24) is 14.6 Å². The van der Waals surface area contributed by atoms with E-state index in [1.165, 1.54) is 17.6 Å². The van der Waals surface area contributed by atoms with E-state index in [9.17, 15) is 13.2 Å². The molecule has 4 rings (SSSR count). The van der Waals surface area contributed by atoms with Gasteiger partial charge in [-0.2, -0.15) is 4.31 Å². The minimum absolute atomic E-state index is 0.142. The van der Waals surface area contributed by atoms with Gasteiger partial charge in [0.2, 0.25) is 10.0 Å². The minimum Gasteiger partial charge on any atom is -0.367 e. The number of rotatable bonds is 6. The number of amides is 1. The highest BCUT2D eigenvalue weighted by molar-refractivity contribution is 7.89. The highest BCUT2D eigenvalue weighted by Gasteiger charge is 2.35. The quantitative estimate of drug-likeness (QED) is 0.611. The van der Waals surface area contributed by atoms with E-state index in [0.29, 0.717) is 23.7 Å². The van der Waals surface area contributed by atoms with Crippen LogP contribution in [-0.2, 0) is 19.6 Å². The van der Waals surface area contributed by atoms with Gasteiger partial charge in [0.15, 0.2) is 6.10 Å². The molecule has 162 valence electrons. The van der Waals surface area contributed by atoms with Gasteiger partial charge in [-0.3, -0.25) is 9.78 Å². The predicted octanol–water partition coefficient (Wildman–Crippen LogP) is 3.16. The molecule has 7 nitrogen and oxygen atoms in total. The largest absolute Gasteiger partial charge is 0.367 e. The maximum Gasteiger partial charge on any atom is 0.254 e. The summed E-state index contributed by atoms with van der Waals surface area (Å²) in [4.78, 5) is 16.9. The number of carbonyl (C=O) groups is 1. The number of hydrogen-bond donors (Lipinski definition) is 1. The van der Waals surface area contributed by atoms with Crippen LogP contribution in [0.3, 0.4) is 0 Å². The number of hydrogen-bond acceptors (Lipinski definition) is 5. The lowest BCUT2D eigenvalue weighted by atomic mass is 10.1.